The molecule has 21 heavy (non-hydrogen) atoms. The SMILES string of the molecule is N#Cc1ccnc(NCc2ccc(OC(F)(F)F)cc2)c1. The smallest absolute Gasteiger partial charge is 0.406 e. The summed E-state index contributed by atoms with van der Waals surface area (Å²) in [6.45, 7) is 0.369. The first-order chi connectivity index (χ1) is 9.96. The molecule has 0 unspecified atom stereocenters. The van der Waals surface area contributed by atoms with Gasteiger partial charge in [0.15, 0.2) is 0 Å². The van der Waals surface area contributed by atoms with E-state index >= 15 is 0 Å². The summed E-state index contributed by atoms with van der Waals surface area (Å²) >= 11 is 0. The van der Waals surface area contributed by atoms with E-state index in [2.05, 4.69) is 15.0 Å². The third kappa shape index (κ3) is 4.69. The molecule has 1 aromatic heterocycles. The Balaban J connectivity index is 1.96. The molecular weight excluding hydrogens is 283 g/mol. The molecule has 2 aromatic rings. The van der Waals surface area contributed by atoms with Gasteiger partial charge in [0, 0.05) is 12.7 Å². The van der Waals surface area contributed by atoms with Crippen LogP contribution >= 0.6 is 0 Å². The van der Waals surface area contributed by atoms with Gasteiger partial charge in [-0.25, -0.2) is 4.98 Å². The molecule has 0 atom stereocenters. The van der Waals surface area contributed by atoms with Gasteiger partial charge in [0.2, 0.25) is 0 Å². The standard InChI is InChI=1S/C14H10F3N3O/c15-14(16,17)21-12-3-1-10(2-4-12)9-20-13-7-11(8-18)5-6-19-13/h1-7H,9H2,(H,19,20). The maximum atomic E-state index is 12.0. The highest BCUT2D eigenvalue weighted by atomic mass is 19.4. The lowest BCUT2D eigenvalue weighted by molar-refractivity contribution is -0.274. The molecule has 0 aliphatic rings. The van der Waals surface area contributed by atoms with Crippen LogP contribution in [0.2, 0.25) is 0 Å². The van der Waals surface area contributed by atoms with E-state index in [4.69, 9.17) is 5.26 Å². The number of nitriles is 1. The number of pyridine rings is 1. The number of halogens is 3. The fourth-order valence-electron chi connectivity index (χ4n) is 1.60. The molecule has 0 saturated heterocycles. The summed E-state index contributed by atoms with van der Waals surface area (Å²) < 4.78 is 39.8. The van der Waals surface area contributed by atoms with Gasteiger partial charge in [-0.3, -0.25) is 0 Å². The Morgan fingerprint density at radius 2 is 1.90 bits per heavy atom. The van der Waals surface area contributed by atoms with Crippen LogP contribution in [0.4, 0.5) is 19.0 Å². The van der Waals surface area contributed by atoms with E-state index in [1.54, 1.807) is 12.1 Å². The monoisotopic (exact) mass is 293 g/mol. The summed E-state index contributed by atoms with van der Waals surface area (Å²) in [6.07, 6.45) is -3.19. The molecule has 2 rings (SSSR count). The van der Waals surface area contributed by atoms with Crippen LogP contribution in [0.3, 0.4) is 0 Å². The molecular formula is C14H10F3N3O. The second-order valence-corrected chi connectivity index (χ2v) is 4.09. The largest absolute Gasteiger partial charge is 0.573 e. The minimum absolute atomic E-state index is 0.268. The van der Waals surface area contributed by atoms with E-state index in [0.717, 1.165) is 5.56 Å². The van der Waals surface area contributed by atoms with Gasteiger partial charge in [-0.05, 0) is 29.8 Å². The number of benzene rings is 1. The zero-order valence-corrected chi connectivity index (χ0v) is 10.7. The van der Waals surface area contributed by atoms with Crippen LogP contribution < -0.4 is 10.1 Å². The molecule has 7 heteroatoms. The molecule has 0 aliphatic heterocycles. The van der Waals surface area contributed by atoms with Crippen molar-refractivity contribution in [2.75, 3.05) is 5.32 Å². The first-order valence-corrected chi connectivity index (χ1v) is 5.91. The van der Waals surface area contributed by atoms with Gasteiger partial charge < -0.3 is 10.1 Å². The summed E-state index contributed by atoms with van der Waals surface area (Å²) in [4.78, 5) is 4.03. The highest BCUT2D eigenvalue weighted by Gasteiger charge is 2.30. The molecule has 0 spiro atoms. The van der Waals surface area contributed by atoms with Gasteiger partial charge in [0.25, 0.3) is 0 Å². The van der Waals surface area contributed by atoms with Crippen molar-refractivity contribution >= 4 is 5.82 Å². The maximum Gasteiger partial charge on any atom is 0.573 e. The predicted molar refractivity (Wildman–Crippen MR) is 69.4 cm³/mol. The van der Waals surface area contributed by atoms with Crippen molar-refractivity contribution in [2.24, 2.45) is 0 Å². The molecule has 4 nitrogen and oxygen atoms in total. The predicted octanol–water partition coefficient (Wildman–Crippen LogP) is 3.46. The molecule has 0 amide bonds. The van der Waals surface area contributed by atoms with Gasteiger partial charge >= 0.3 is 6.36 Å². The summed E-state index contributed by atoms with van der Waals surface area (Å²) in [7, 11) is 0. The van der Waals surface area contributed by atoms with Crippen LogP contribution in [-0.2, 0) is 6.54 Å². The average Bonchev–Trinajstić information content (AvgIpc) is 2.45. The van der Waals surface area contributed by atoms with E-state index in [1.807, 2.05) is 6.07 Å². The van der Waals surface area contributed by atoms with Gasteiger partial charge in [-0.2, -0.15) is 5.26 Å². The average molecular weight is 293 g/mol. The van der Waals surface area contributed by atoms with Gasteiger partial charge in [0.05, 0.1) is 11.6 Å². The van der Waals surface area contributed by atoms with Gasteiger partial charge in [-0.1, -0.05) is 12.1 Å². The molecule has 0 saturated carbocycles. The number of nitrogens with one attached hydrogen (secondary N) is 1. The van der Waals surface area contributed by atoms with E-state index in [-0.39, 0.29) is 5.75 Å². The van der Waals surface area contributed by atoms with Crippen molar-refractivity contribution in [1.82, 2.24) is 4.98 Å². The highest BCUT2D eigenvalue weighted by molar-refractivity contribution is 5.43. The summed E-state index contributed by atoms with van der Waals surface area (Å²) in [5, 5.41) is 11.7. The normalized spacial score (nSPS) is 10.8. The van der Waals surface area contributed by atoms with Crippen LogP contribution in [0.25, 0.3) is 0 Å². The fraction of sp³-hybridized carbons (Fsp3) is 0.143. The second kappa shape index (κ2) is 6.13. The van der Waals surface area contributed by atoms with Crippen LogP contribution in [0.15, 0.2) is 42.6 Å². The Hall–Kier alpha value is -2.75. The molecule has 1 heterocycles. The van der Waals surface area contributed by atoms with E-state index in [1.165, 1.54) is 30.5 Å². The first-order valence-electron chi connectivity index (χ1n) is 5.91. The third-order valence-electron chi connectivity index (χ3n) is 2.52. The Morgan fingerprint density at radius 1 is 1.19 bits per heavy atom. The lowest BCUT2D eigenvalue weighted by Gasteiger charge is -2.10. The summed E-state index contributed by atoms with van der Waals surface area (Å²) in [5.41, 5.74) is 1.23. The lowest BCUT2D eigenvalue weighted by atomic mass is 10.2. The molecule has 0 radical (unpaired) electrons. The maximum absolute atomic E-state index is 12.0. The third-order valence-corrected chi connectivity index (χ3v) is 2.52. The zero-order valence-electron chi connectivity index (χ0n) is 10.7. The second-order valence-electron chi connectivity index (χ2n) is 4.09. The van der Waals surface area contributed by atoms with Crippen molar-refractivity contribution in [3.05, 3.63) is 53.7 Å². The van der Waals surface area contributed by atoms with Gasteiger partial charge in [-0.15, -0.1) is 13.2 Å². The minimum atomic E-state index is -4.69. The molecule has 1 aromatic carbocycles. The number of aromatic nitrogens is 1. The number of nitrogens with zero attached hydrogens (tertiary/aromatic N) is 2. The Morgan fingerprint density at radius 3 is 2.52 bits per heavy atom. The van der Waals surface area contributed by atoms with Crippen molar-refractivity contribution in [2.45, 2.75) is 12.9 Å². The fourth-order valence-corrected chi connectivity index (χ4v) is 1.60. The Bertz CT molecular complexity index is 648. The lowest BCUT2D eigenvalue weighted by Crippen LogP contribution is -2.17. The van der Waals surface area contributed by atoms with Crippen LogP contribution in [-0.4, -0.2) is 11.3 Å². The quantitative estimate of drug-likeness (QED) is 0.937. The van der Waals surface area contributed by atoms with Crippen molar-refractivity contribution in [1.29, 1.82) is 5.26 Å². The number of rotatable bonds is 4. The van der Waals surface area contributed by atoms with Crippen LogP contribution in [0.5, 0.6) is 5.75 Å². The number of ether oxygens (including phenoxy) is 1. The number of hydrogen-bond donors (Lipinski definition) is 1. The first kappa shape index (κ1) is 14.7. The molecule has 1 N–H and O–H groups in total. The number of alkyl halides is 3. The van der Waals surface area contributed by atoms with Crippen LogP contribution in [0, 0.1) is 11.3 Å². The topological polar surface area (TPSA) is 57.9 Å². The van der Waals surface area contributed by atoms with Crippen molar-refractivity contribution in [3.8, 4) is 11.8 Å². The van der Waals surface area contributed by atoms with Gasteiger partial charge in [0.1, 0.15) is 11.6 Å². The molecule has 0 aliphatic carbocycles. The Labute approximate surface area is 118 Å². The number of anilines is 1. The highest BCUT2D eigenvalue weighted by Crippen LogP contribution is 2.22. The minimum Gasteiger partial charge on any atom is -0.406 e. The van der Waals surface area contributed by atoms with E-state index in [9.17, 15) is 13.2 Å². The molecule has 108 valence electrons. The van der Waals surface area contributed by atoms with Crippen molar-refractivity contribution in [3.63, 3.8) is 0 Å². The summed E-state index contributed by atoms with van der Waals surface area (Å²) in [6, 6.07) is 10.7. The van der Waals surface area contributed by atoms with E-state index < -0.39 is 6.36 Å². The molecule has 0 bridgehead atoms. The molecule has 0 fully saturated rings. The van der Waals surface area contributed by atoms with Crippen molar-refractivity contribution < 1.29 is 17.9 Å². The Kier molecular flexibility index (Phi) is 4.28. The van der Waals surface area contributed by atoms with E-state index in [0.29, 0.717) is 17.9 Å². The summed E-state index contributed by atoms with van der Waals surface area (Å²) in [5.74, 6) is 0.250. The number of hydrogen-bond acceptors (Lipinski definition) is 4. The van der Waals surface area contributed by atoms with Crippen LogP contribution in [0.1, 0.15) is 11.1 Å². The zero-order chi connectivity index (χ0) is 15.3.